The van der Waals surface area contributed by atoms with Crippen molar-refractivity contribution in [3.05, 3.63) is 55.1 Å². The van der Waals surface area contributed by atoms with E-state index in [0.29, 0.717) is 17.6 Å². The van der Waals surface area contributed by atoms with Crippen molar-refractivity contribution in [3.63, 3.8) is 0 Å². The average molecular weight is 277 g/mol. The Morgan fingerprint density at radius 1 is 1.30 bits per heavy atom. The fraction of sp³-hybridized carbons (Fsp3) is 0.250. The summed E-state index contributed by atoms with van der Waals surface area (Å²) in [4.78, 5) is 39.7. The van der Waals surface area contributed by atoms with Crippen LogP contribution in [0.5, 0.6) is 0 Å². The van der Waals surface area contributed by atoms with Gasteiger partial charge in [0.25, 0.3) is 5.69 Å². The summed E-state index contributed by atoms with van der Waals surface area (Å²) in [5.41, 5.74) is -0.560. The van der Waals surface area contributed by atoms with Gasteiger partial charge in [-0.2, -0.15) is 0 Å². The molecule has 1 aromatic heterocycles. The first-order chi connectivity index (χ1) is 9.42. The van der Waals surface area contributed by atoms with Gasteiger partial charge in [0.2, 0.25) is 0 Å². The van der Waals surface area contributed by atoms with E-state index < -0.39 is 16.0 Å². The van der Waals surface area contributed by atoms with E-state index >= 15 is 0 Å². The van der Waals surface area contributed by atoms with Crippen LogP contribution >= 0.6 is 0 Å². The molecule has 0 spiro atoms. The minimum atomic E-state index is -0.834. The summed E-state index contributed by atoms with van der Waals surface area (Å²) in [5.74, 6) is 0. The molecule has 1 radical (unpaired) electrons. The van der Waals surface area contributed by atoms with Crippen molar-refractivity contribution in [3.8, 4) is 0 Å². The van der Waals surface area contributed by atoms with Crippen LogP contribution in [0.25, 0.3) is 11.0 Å². The van der Waals surface area contributed by atoms with Gasteiger partial charge in [-0.1, -0.05) is 0 Å². The van der Waals surface area contributed by atoms with Gasteiger partial charge in [0, 0.05) is 25.2 Å². The molecule has 0 atom stereocenters. The number of aromatic amines is 2. The summed E-state index contributed by atoms with van der Waals surface area (Å²) in [6.07, 6.45) is 0. The lowest BCUT2D eigenvalue weighted by Crippen LogP contribution is -2.29. The standard InChI is InChI=1S/C12H13N4O4/c1-3-15(2)6-7-4-8(16(19)20)5-9-10(7)14-12(18)11(17)13-9/h3-5H,6H2,1-2H3,(H,13,17)(H,14,18). The molecule has 0 saturated heterocycles. The van der Waals surface area contributed by atoms with Gasteiger partial charge < -0.3 is 9.97 Å². The van der Waals surface area contributed by atoms with Crippen molar-refractivity contribution in [2.75, 3.05) is 7.05 Å². The normalized spacial score (nSPS) is 11.2. The molecule has 20 heavy (non-hydrogen) atoms. The van der Waals surface area contributed by atoms with E-state index in [4.69, 9.17) is 0 Å². The first-order valence-electron chi connectivity index (χ1n) is 5.85. The Balaban J connectivity index is 2.74. The molecule has 0 aliphatic rings. The van der Waals surface area contributed by atoms with Crippen LogP contribution in [-0.2, 0) is 6.54 Å². The number of benzene rings is 1. The molecular weight excluding hydrogens is 264 g/mol. The molecule has 0 aliphatic heterocycles. The van der Waals surface area contributed by atoms with Crippen LogP contribution in [0.1, 0.15) is 12.5 Å². The van der Waals surface area contributed by atoms with Gasteiger partial charge in [-0.15, -0.1) is 0 Å². The van der Waals surface area contributed by atoms with Gasteiger partial charge in [0.1, 0.15) is 0 Å². The number of nitro groups is 1. The lowest BCUT2D eigenvalue weighted by atomic mass is 10.1. The number of nitrogens with one attached hydrogen (secondary N) is 2. The molecule has 0 amide bonds. The van der Waals surface area contributed by atoms with E-state index in [0.717, 1.165) is 0 Å². The highest BCUT2D eigenvalue weighted by Crippen LogP contribution is 2.22. The van der Waals surface area contributed by atoms with Gasteiger partial charge in [-0.3, -0.25) is 24.6 Å². The number of fused-ring (bicyclic) bond motifs is 1. The summed E-state index contributed by atoms with van der Waals surface area (Å²) < 4.78 is 0. The second-order valence-corrected chi connectivity index (χ2v) is 4.37. The monoisotopic (exact) mass is 277 g/mol. The van der Waals surface area contributed by atoms with Crippen LogP contribution in [-0.4, -0.2) is 26.8 Å². The molecule has 0 unspecified atom stereocenters. The molecule has 0 saturated carbocycles. The van der Waals surface area contributed by atoms with Crippen LogP contribution in [0, 0.1) is 16.7 Å². The molecule has 8 heteroatoms. The fourth-order valence-corrected chi connectivity index (χ4v) is 1.87. The van der Waals surface area contributed by atoms with Crippen molar-refractivity contribution in [2.24, 2.45) is 0 Å². The third-order valence-corrected chi connectivity index (χ3v) is 2.97. The maximum Gasteiger partial charge on any atom is 0.314 e. The van der Waals surface area contributed by atoms with E-state index in [1.165, 1.54) is 12.1 Å². The summed E-state index contributed by atoms with van der Waals surface area (Å²) in [5, 5.41) is 10.9. The predicted octanol–water partition coefficient (Wildman–Crippen LogP) is 0.738. The zero-order valence-corrected chi connectivity index (χ0v) is 11.0. The zero-order valence-electron chi connectivity index (χ0n) is 11.0. The van der Waals surface area contributed by atoms with Crippen LogP contribution in [0.15, 0.2) is 21.7 Å². The summed E-state index contributed by atoms with van der Waals surface area (Å²) in [6.45, 7) is 4.00. The highest BCUT2D eigenvalue weighted by atomic mass is 16.6. The van der Waals surface area contributed by atoms with Crippen molar-refractivity contribution in [1.29, 1.82) is 0 Å². The largest absolute Gasteiger partial charge is 0.316 e. The van der Waals surface area contributed by atoms with Gasteiger partial charge >= 0.3 is 11.1 Å². The third-order valence-electron chi connectivity index (χ3n) is 2.97. The minimum Gasteiger partial charge on any atom is -0.316 e. The Morgan fingerprint density at radius 2 is 1.95 bits per heavy atom. The Kier molecular flexibility index (Phi) is 3.66. The van der Waals surface area contributed by atoms with Crippen LogP contribution < -0.4 is 11.1 Å². The van der Waals surface area contributed by atoms with Crippen molar-refractivity contribution < 1.29 is 4.92 Å². The summed E-state index contributed by atoms with van der Waals surface area (Å²) in [7, 11) is 1.80. The number of nitro benzene ring substituents is 1. The first-order valence-corrected chi connectivity index (χ1v) is 5.85. The van der Waals surface area contributed by atoms with E-state index in [1.807, 2.05) is 11.8 Å². The smallest absolute Gasteiger partial charge is 0.314 e. The van der Waals surface area contributed by atoms with E-state index in [2.05, 4.69) is 9.97 Å². The van der Waals surface area contributed by atoms with Crippen LogP contribution in [0.2, 0.25) is 0 Å². The third kappa shape index (κ3) is 2.59. The highest BCUT2D eigenvalue weighted by molar-refractivity contribution is 5.80. The van der Waals surface area contributed by atoms with Crippen molar-refractivity contribution in [1.82, 2.24) is 14.9 Å². The molecule has 2 rings (SSSR count). The predicted molar refractivity (Wildman–Crippen MR) is 73.3 cm³/mol. The van der Waals surface area contributed by atoms with E-state index in [1.54, 1.807) is 13.6 Å². The van der Waals surface area contributed by atoms with Crippen LogP contribution in [0.4, 0.5) is 5.69 Å². The molecule has 0 fully saturated rings. The maximum atomic E-state index is 11.4. The van der Waals surface area contributed by atoms with Gasteiger partial charge in [-0.05, 0) is 19.5 Å². The number of hydrogen-bond donors (Lipinski definition) is 2. The highest BCUT2D eigenvalue weighted by Gasteiger charge is 2.14. The fourth-order valence-electron chi connectivity index (χ4n) is 1.87. The topological polar surface area (TPSA) is 112 Å². The summed E-state index contributed by atoms with van der Waals surface area (Å²) in [6, 6.07) is 2.61. The zero-order chi connectivity index (χ0) is 14.9. The molecular formula is C12H13N4O4. The number of rotatable bonds is 4. The minimum absolute atomic E-state index is 0.139. The van der Waals surface area contributed by atoms with Crippen molar-refractivity contribution >= 4 is 16.7 Å². The van der Waals surface area contributed by atoms with Gasteiger partial charge in [0.15, 0.2) is 0 Å². The molecule has 8 nitrogen and oxygen atoms in total. The number of H-pyrrole nitrogens is 2. The lowest BCUT2D eigenvalue weighted by molar-refractivity contribution is -0.384. The second-order valence-electron chi connectivity index (χ2n) is 4.37. The molecule has 0 aliphatic carbocycles. The molecule has 1 aromatic carbocycles. The Hall–Kier alpha value is -2.48. The molecule has 2 N–H and O–H groups in total. The van der Waals surface area contributed by atoms with Gasteiger partial charge in [-0.25, -0.2) is 0 Å². The van der Waals surface area contributed by atoms with Crippen molar-refractivity contribution in [2.45, 2.75) is 13.5 Å². The molecule has 2 aromatic rings. The van der Waals surface area contributed by atoms with E-state index in [-0.39, 0.29) is 11.2 Å². The average Bonchev–Trinajstić information content (AvgIpc) is 2.40. The number of aromatic nitrogens is 2. The first kappa shape index (κ1) is 13.9. The number of non-ortho nitro benzene ring substituents is 1. The maximum absolute atomic E-state index is 11.4. The van der Waals surface area contributed by atoms with Crippen LogP contribution in [0.3, 0.4) is 0 Å². The van der Waals surface area contributed by atoms with E-state index in [9.17, 15) is 19.7 Å². The Morgan fingerprint density at radius 3 is 2.55 bits per heavy atom. The Bertz CT molecular complexity index is 777. The van der Waals surface area contributed by atoms with Gasteiger partial charge in [0.05, 0.1) is 16.0 Å². The number of nitrogens with zero attached hydrogens (tertiary/aromatic N) is 2. The SMILES string of the molecule is C[CH]N(C)Cc1cc([N+](=O)[O-])cc2[nH]c(=O)c(=O)[nH]c12. The molecule has 0 bridgehead atoms. The molecule has 1 heterocycles. The Labute approximate surface area is 113 Å². The second kappa shape index (κ2) is 5.25. The summed E-state index contributed by atoms with van der Waals surface area (Å²) >= 11 is 0. The number of hydrogen-bond acceptors (Lipinski definition) is 5. The molecule has 105 valence electrons. The lowest BCUT2D eigenvalue weighted by Gasteiger charge is -2.14. The quantitative estimate of drug-likeness (QED) is 0.486.